The minimum atomic E-state index is 0.104. The van der Waals surface area contributed by atoms with Gasteiger partial charge in [-0.05, 0) is 62.8 Å². The number of carbonyl (C=O) groups excluding carboxylic acids is 1. The summed E-state index contributed by atoms with van der Waals surface area (Å²) < 4.78 is 0. The topological polar surface area (TPSA) is 48.5 Å². The molecule has 0 aliphatic carbocycles. The molecule has 5 nitrogen and oxygen atoms in total. The van der Waals surface area contributed by atoms with Crippen LogP contribution in [0.5, 0.6) is 0 Å². The summed E-state index contributed by atoms with van der Waals surface area (Å²) in [5.74, 6) is 0.561. The van der Waals surface area contributed by atoms with Gasteiger partial charge in [0.15, 0.2) is 0 Å². The summed E-state index contributed by atoms with van der Waals surface area (Å²) in [4.78, 5) is 20.9. The van der Waals surface area contributed by atoms with Gasteiger partial charge in [-0.2, -0.15) is 0 Å². The second-order valence-electron chi connectivity index (χ2n) is 7.15. The molecule has 1 atom stereocenters. The van der Waals surface area contributed by atoms with E-state index in [1.807, 2.05) is 17.3 Å². The van der Waals surface area contributed by atoms with Gasteiger partial charge >= 0.3 is 6.03 Å². The van der Waals surface area contributed by atoms with Crippen LogP contribution in [0.1, 0.15) is 50.5 Å². The lowest BCUT2D eigenvalue weighted by Gasteiger charge is -2.34. The minimum Gasteiger partial charge on any atom is -0.337 e. The van der Waals surface area contributed by atoms with Gasteiger partial charge in [0.25, 0.3) is 0 Å². The maximum absolute atomic E-state index is 12.4. The van der Waals surface area contributed by atoms with Gasteiger partial charge in [-0.3, -0.25) is 9.88 Å². The number of rotatable bonds is 4. The van der Waals surface area contributed by atoms with Crippen molar-refractivity contribution in [2.45, 2.75) is 51.0 Å². The second-order valence-corrected chi connectivity index (χ2v) is 7.15. The quantitative estimate of drug-likeness (QED) is 0.923. The molecule has 0 radical (unpaired) electrons. The highest BCUT2D eigenvalue weighted by molar-refractivity contribution is 5.74. The predicted octanol–water partition coefficient (Wildman–Crippen LogP) is 2.85. The molecule has 2 aliphatic rings. The molecule has 2 aliphatic heterocycles. The Morgan fingerprint density at radius 1 is 1.17 bits per heavy atom. The fourth-order valence-electron chi connectivity index (χ4n) is 3.96. The first-order chi connectivity index (χ1) is 11.7. The second kappa shape index (κ2) is 8.47. The van der Waals surface area contributed by atoms with Crippen LogP contribution in [0.3, 0.4) is 0 Å². The summed E-state index contributed by atoms with van der Waals surface area (Å²) in [6.45, 7) is 6.89. The number of hydrogen-bond donors (Lipinski definition) is 1. The highest BCUT2D eigenvalue weighted by Gasteiger charge is 2.24. The highest BCUT2D eigenvalue weighted by atomic mass is 16.2. The normalized spacial score (nSPS) is 23.2. The van der Waals surface area contributed by atoms with E-state index in [2.05, 4.69) is 34.3 Å². The monoisotopic (exact) mass is 330 g/mol. The molecule has 3 heterocycles. The molecule has 1 aromatic rings. The lowest BCUT2D eigenvalue weighted by molar-refractivity contribution is 0.155. The average molecular weight is 330 g/mol. The standard InChI is InChI=1S/C19H30N4O/c1-16-4-2-3-12-22(16)15-11-21-19(24)23-13-7-18(8-14-23)17-5-9-20-10-6-17/h5-6,9-10,16,18H,2-4,7-8,11-15H2,1H3,(H,21,24). The third-order valence-electron chi connectivity index (χ3n) is 5.58. The lowest BCUT2D eigenvalue weighted by Crippen LogP contribution is -2.47. The maximum atomic E-state index is 12.4. The number of pyridine rings is 1. The number of carbonyl (C=O) groups is 1. The summed E-state index contributed by atoms with van der Waals surface area (Å²) in [7, 11) is 0. The molecule has 132 valence electrons. The summed E-state index contributed by atoms with van der Waals surface area (Å²) in [5, 5.41) is 3.11. The third kappa shape index (κ3) is 4.47. The number of likely N-dealkylation sites (tertiary alicyclic amines) is 2. The van der Waals surface area contributed by atoms with Crippen LogP contribution >= 0.6 is 0 Å². The molecular weight excluding hydrogens is 300 g/mol. The first kappa shape index (κ1) is 17.2. The van der Waals surface area contributed by atoms with Gasteiger partial charge in [0.1, 0.15) is 0 Å². The van der Waals surface area contributed by atoms with Crippen LogP contribution < -0.4 is 5.32 Å². The van der Waals surface area contributed by atoms with E-state index in [9.17, 15) is 4.79 Å². The van der Waals surface area contributed by atoms with Crippen molar-refractivity contribution in [1.29, 1.82) is 0 Å². The van der Waals surface area contributed by atoms with Crippen LogP contribution in [0.4, 0.5) is 4.79 Å². The molecule has 1 unspecified atom stereocenters. The molecule has 5 heteroatoms. The Bertz CT molecular complexity index is 513. The molecule has 0 spiro atoms. The number of urea groups is 1. The number of amides is 2. The van der Waals surface area contributed by atoms with Gasteiger partial charge in [-0.1, -0.05) is 6.42 Å². The largest absolute Gasteiger partial charge is 0.337 e. The molecular formula is C19H30N4O. The Hall–Kier alpha value is -1.62. The van der Waals surface area contributed by atoms with Crippen molar-refractivity contribution >= 4 is 6.03 Å². The zero-order chi connectivity index (χ0) is 16.8. The van der Waals surface area contributed by atoms with Crippen LogP contribution in [0.25, 0.3) is 0 Å². The fourth-order valence-corrected chi connectivity index (χ4v) is 3.96. The van der Waals surface area contributed by atoms with Crippen LogP contribution in [0.2, 0.25) is 0 Å². The Morgan fingerprint density at radius 3 is 2.62 bits per heavy atom. The van der Waals surface area contributed by atoms with E-state index in [0.29, 0.717) is 12.0 Å². The molecule has 0 saturated carbocycles. The zero-order valence-corrected chi connectivity index (χ0v) is 14.8. The molecule has 2 saturated heterocycles. The van der Waals surface area contributed by atoms with Crippen molar-refractivity contribution < 1.29 is 4.79 Å². The van der Waals surface area contributed by atoms with Gasteiger partial charge in [0, 0.05) is 44.6 Å². The van der Waals surface area contributed by atoms with E-state index in [1.54, 1.807) is 0 Å². The number of aromatic nitrogens is 1. The SMILES string of the molecule is CC1CCCCN1CCNC(=O)N1CCC(c2ccncc2)CC1. The van der Waals surface area contributed by atoms with Gasteiger partial charge in [-0.15, -0.1) is 0 Å². The van der Waals surface area contributed by atoms with Crippen LogP contribution in [-0.2, 0) is 0 Å². The summed E-state index contributed by atoms with van der Waals surface area (Å²) in [5.41, 5.74) is 1.35. The van der Waals surface area contributed by atoms with Crippen LogP contribution in [0.15, 0.2) is 24.5 Å². The van der Waals surface area contributed by atoms with Crippen LogP contribution in [0, 0.1) is 0 Å². The number of hydrogen-bond acceptors (Lipinski definition) is 3. The van der Waals surface area contributed by atoms with E-state index in [0.717, 1.165) is 39.0 Å². The smallest absolute Gasteiger partial charge is 0.317 e. The molecule has 2 amide bonds. The summed E-state index contributed by atoms with van der Waals surface area (Å²) in [6, 6.07) is 4.96. The lowest BCUT2D eigenvalue weighted by atomic mass is 9.90. The van der Waals surface area contributed by atoms with Crippen LogP contribution in [-0.4, -0.2) is 59.6 Å². The van der Waals surface area contributed by atoms with E-state index >= 15 is 0 Å². The first-order valence-electron chi connectivity index (χ1n) is 9.41. The van der Waals surface area contributed by atoms with Crippen molar-refractivity contribution in [3.63, 3.8) is 0 Å². The number of nitrogens with zero attached hydrogens (tertiary/aromatic N) is 3. The minimum absolute atomic E-state index is 0.104. The van der Waals surface area contributed by atoms with E-state index in [-0.39, 0.29) is 6.03 Å². The molecule has 0 aromatic carbocycles. The number of piperidine rings is 2. The van der Waals surface area contributed by atoms with E-state index < -0.39 is 0 Å². The van der Waals surface area contributed by atoms with E-state index in [1.165, 1.54) is 31.4 Å². The van der Waals surface area contributed by atoms with Crippen molar-refractivity contribution in [3.05, 3.63) is 30.1 Å². The van der Waals surface area contributed by atoms with Crippen molar-refractivity contribution in [1.82, 2.24) is 20.1 Å². The Labute approximate surface area is 145 Å². The summed E-state index contributed by atoms with van der Waals surface area (Å²) in [6.07, 6.45) is 9.72. The predicted molar refractivity (Wildman–Crippen MR) is 96.1 cm³/mol. The highest BCUT2D eigenvalue weighted by Crippen LogP contribution is 2.27. The molecule has 2 fully saturated rings. The Balaban J connectivity index is 1.37. The maximum Gasteiger partial charge on any atom is 0.317 e. The average Bonchev–Trinajstić information content (AvgIpc) is 2.64. The number of nitrogens with one attached hydrogen (secondary N) is 1. The third-order valence-corrected chi connectivity index (χ3v) is 5.58. The van der Waals surface area contributed by atoms with Crippen molar-refractivity contribution in [3.8, 4) is 0 Å². The van der Waals surface area contributed by atoms with Gasteiger partial charge in [0.2, 0.25) is 0 Å². The molecule has 24 heavy (non-hydrogen) atoms. The van der Waals surface area contributed by atoms with Gasteiger partial charge in [0.05, 0.1) is 0 Å². The molecule has 3 rings (SSSR count). The fraction of sp³-hybridized carbons (Fsp3) is 0.684. The Morgan fingerprint density at radius 2 is 1.92 bits per heavy atom. The molecule has 1 aromatic heterocycles. The Kier molecular flexibility index (Phi) is 6.07. The molecule has 0 bridgehead atoms. The van der Waals surface area contributed by atoms with Crippen molar-refractivity contribution in [2.75, 3.05) is 32.7 Å². The first-order valence-corrected chi connectivity index (χ1v) is 9.41. The van der Waals surface area contributed by atoms with Gasteiger partial charge in [-0.25, -0.2) is 4.79 Å². The zero-order valence-electron chi connectivity index (χ0n) is 14.8. The molecule has 1 N–H and O–H groups in total. The summed E-state index contributed by atoms with van der Waals surface area (Å²) >= 11 is 0. The van der Waals surface area contributed by atoms with Crippen molar-refractivity contribution in [2.24, 2.45) is 0 Å². The van der Waals surface area contributed by atoms with E-state index in [4.69, 9.17) is 0 Å². The van der Waals surface area contributed by atoms with Gasteiger partial charge < -0.3 is 10.2 Å².